The first-order chi connectivity index (χ1) is 4.93. The van der Waals surface area contributed by atoms with Crippen LogP contribution in [0.1, 0.15) is 0 Å². The molecule has 1 heteroatoms. The zero-order chi connectivity index (χ0) is 7.23. The average Bonchev–Trinajstić information content (AvgIpc) is 2.03. The van der Waals surface area contributed by atoms with Gasteiger partial charge in [-0.2, -0.15) is 0 Å². The predicted molar refractivity (Wildman–Crippen MR) is 45.5 cm³/mol. The molecule has 0 radical (unpaired) electrons. The van der Waals surface area contributed by atoms with Gasteiger partial charge in [-0.3, -0.25) is 0 Å². The van der Waals surface area contributed by atoms with Crippen LogP contribution in [0.2, 0.25) is 5.32 Å². The van der Waals surface area contributed by atoms with E-state index in [1.807, 2.05) is 18.2 Å². The molecule has 10 heavy (non-hydrogen) atoms. The Morgan fingerprint density at radius 3 is 2.60 bits per heavy atom. The van der Waals surface area contributed by atoms with Crippen molar-refractivity contribution in [3.05, 3.63) is 30.3 Å². The number of terminal acetylenes is 1. The Morgan fingerprint density at radius 1 is 1.30 bits per heavy atom. The molecule has 1 aromatic rings. The standard InChI is InChI=1S/C9H8Se/c1-2-8-10-9-6-4-3-5-7-9/h1,3-7H,8H2. The Bertz CT molecular complexity index is 220. The molecule has 0 fully saturated rings. The zero-order valence-corrected chi connectivity index (χ0v) is 7.29. The third-order valence-electron chi connectivity index (χ3n) is 1.07. The van der Waals surface area contributed by atoms with Gasteiger partial charge in [-0.1, -0.05) is 0 Å². The molecule has 0 heterocycles. The van der Waals surface area contributed by atoms with E-state index in [0.29, 0.717) is 15.0 Å². The van der Waals surface area contributed by atoms with Gasteiger partial charge in [0.25, 0.3) is 0 Å². The maximum absolute atomic E-state index is 5.14. The monoisotopic (exact) mass is 196 g/mol. The topological polar surface area (TPSA) is 0 Å². The van der Waals surface area contributed by atoms with Crippen molar-refractivity contribution in [2.75, 3.05) is 0 Å². The maximum atomic E-state index is 5.14. The summed E-state index contributed by atoms with van der Waals surface area (Å²) in [6.45, 7) is 0. The first kappa shape index (κ1) is 7.41. The van der Waals surface area contributed by atoms with Crippen LogP contribution in [-0.4, -0.2) is 15.0 Å². The summed E-state index contributed by atoms with van der Waals surface area (Å²) in [5.41, 5.74) is 0. The summed E-state index contributed by atoms with van der Waals surface area (Å²) in [5, 5.41) is 0.900. The second-order valence-electron chi connectivity index (χ2n) is 1.81. The van der Waals surface area contributed by atoms with E-state index < -0.39 is 0 Å². The van der Waals surface area contributed by atoms with Gasteiger partial charge < -0.3 is 0 Å². The molecule has 0 aliphatic rings. The van der Waals surface area contributed by atoms with Gasteiger partial charge in [0, 0.05) is 0 Å². The fourth-order valence-electron chi connectivity index (χ4n) is 0.642. The van der Waals surface area contributed by atoms with Gasteiger partial charge in [-0.15, -0.1) is 0 Å². The van der Waals surface area contributed by atoms with E-state index in [1.165, 1.54) is 4.46 Å². The van der Waals surface area contributed by atoms with Crippen molar-refractivity contribution in [1.82, 2.24) is 0 Å². The van der Waals surface area contributed by atoms with Crippen LogP contribution >= 0.6 is 0 Å². The number of benzene rings is 1. The number of rotatable bonds is 2. The number of hydrogen-bond acceptors (Lipinski definition) is 0. The quantitative estimate of drug-likeness (QED) is 0.489. The normalized spacial score (nSPS) is 8.70. The van der Waals surface area contributed by atoms with Crippen molar-refractivity contribution >= 4 is 19.4 Å². The van der Waals surface area contributed by atoms with Gasteiger partial charge >= 0.3 is 67.4 Å². The fourth-order valence-corrected chi connectivity index (χ4v) is 1.90. The zero-order valence-electron chi connectivity index (χ0n) is 5.58. The first-order valence-electron chi connectivity index (χ1n) is 3.05. The molecular formula is C9H8Se. The third kappa shape index (κ3) is 2.27. The minimum absolute atomic E-state index is 0.482. The van der Waals surface area contributed by atoms with Gasteiger partial charge in [0.05, 0.1) is 0 Å². The Hall–Kier alpha value is -0.701. The van der Waals surface area contributed by atoms with E-state index in [2.05, 4.69) is 18.1 Å². The average molecular weight is 195 g/mol. The molecule has 0 aliphatic carbocycles. The van der Waals surface area contributed by atoms with Crippen LogP contribution in [0.15, 0.2) is 30.3 Å². The molecule has 0 amide bonds. The van der Waals surface area contributed by atoms with Gasteiger partial charge in [0.15, 0.2) is 0 Å². The summed E-state index contributed by atoms with van der Waals surface area (Å²) in [7, 11) is 0. The van der Waals surface area contributed by atoms with E-state index >= 15 is 0 Å². The van der Waals surface area contributed by atoms with Crippen LogP contribution in [0.4, 0.5) is 0 Å². The second kappa shape index (κ2) is 4.17. The van der Waals surface area contributed by atoms with Crippen LogP contribution in [0.3, 0.4) is 0 Å². The molecule has 0 atom stereocenters. The predicted octanol–water partition coefficient (Wildman–Crippen LogP) is 1.07. The summed E-state index contributed by atoms with van der Waals surface area (Å²) >= 11 is 0.482. The SMILES string of the molecule is C#CC[Se]c1ccccc1. The van der Waals surface area contributed by atoms with Crippen molar-refractivity contribution < 1.29 is 0 Å². The molecule has 0 spiro atoms. The van der Waals surface area contributed by atoms with Crippen LogP contribution in [0.5, 0.6) is 0 Å². The molecule has 1 rings (SSSR count). The minimum atomic E-state index is 0.482. The van der Waals surface area contributed by atoms with Gasteiger partial charge in [0.2, 0.25) is 0 Å². The molecule has 0 saturated carbocycles. The van der Waals surface area contributed by atoms with Crippen molar-refractivity contribution in [3.8, 4) is 12.3 Å². The van der Waals surface area contributed by atoms with E-state index in [0.717, 1.165) is 5.32 Å². The molecule has 0 aromatic heterocycles. The van der Waals surface area contributed by atoms with Gasteiger partial charge in [-0.25, -0.2) is 0 Å². The molecule has 0 N–H and O–H groups in total. The van der Waals surface area contributed by atoms with Crippen LogP contribution < -0.4 is 4.46 Å². The van der Waals surface area contributed by atoms with Gasteiger partial charge in [-0.05, 0) is 0 Å². The van der Waals surface area contributed by atoms with Crippen molar-refractivity contribution in [3.63, 3.8) is 0 Å². The van der Waals surface area contributed by atoms with Crippen LogP contribution in [-0.2, 0) is 0 Å². The summed E-state index contributed by atoms with van der Waals surface area (Å²) in [6.07, 6.45) is 5.14. The molecule has 50 valence electrons. The summed E-state index contributed by atoms with van der Waals surface area (Å²) in [5.74, 6) is 2.64. The third-order valence-corrected chi connectivity index (χ3v) is 2.99. The summed E-state index contributed by atoms with van der Waals surface area (Å²) in [6, 6.07) is 10.4. The molecule has 0 nitrogen and oxygen atoms in total. The molecule has 0 bridgehead atoms. The Morgan fingerprint density at radius 2 is 2.00 bits per heavy atom. The Balaban J connectivity index is 2.52. The summed E-state index contributed by atoms with van der Waals surface area (Å²) < 4.78 is 1.38. The van der Waals surface area contributed by atoms with E-state index in [-0.39, 0.29) is 0 Å². The van der Waals surface area contributed by atoms with Crippen LogP contribution in [0.25, 0.3) is 0 Å². The molecule has 0 aliphatic heterocycles. The molecule has 0 unspecified atom stereocenters. The van der Waals surface area contributed by atoms with Crippen molar-refractivity contribution in [1.29, 1.82) is 0 Å². The second-order valence-corrected chi connectivity index (χ2v) is 4.01. The molecule has 1 aromatic carbocycles. The van der Waals surface area contributed by atoms with E-state index in [4.69, 9.17) is 6.42 Å². The van der Waals surface area contributed by atoms with E-state index in [9.17, 15) is 0 Å². The number of hydrogen-bond donors (Lipinski definition) is 0. The Labute approximate surface area is 67.8 Å². The van der Waals surface area contributed by atoms with Crippen LogP contribution in [0, 0.1) is 12.3 Å². The molecular weight excluding hydrogens is 187 g/mol. The Kier molecular flexibility index (Phi) is 3.09. The fraction of sp³-hybridized carbons (Fsp3) is 0.111. The summed E-state index contributed by atoms with van der Waals surface area (Å²) in [4.78, 5) is 0. The van der Waals surface area contributed by atoms with Crippen molar-refractivity contribution in [2.45, 2.75) is 5.32 Å². The van der Waals surface area contributed by atoms with Crippen molar-refractivity contribution in [2.24, 2.45) is 0 Å². The van der Waals surface area contributed by atoms with Gasteiger partial charge in [0.1, 0.15) is 0 Å². The molecule has 0 saturated heterocycles. The van der Waals surface area contributed by atoms with E-state index in [1.54, 1.807) is 0 Å². The first-order valence-corrected chi connectivity index (χ1v) is 5.11.